The fourth-order valence-corrected chi connectivity index (χ4v) is 2.66. The van der Waals surface area contributed by atoms with E-state index in [4.69, 9.17) is 0 Å². The van der Waals surface area contributed by atoms with Crippen molar-refractivity contribution in [3.63, 3.8) is 0 Å². The average molecular weight is 278 g/mol. The largest absolute Gasteiger partial charge is 0.298 e. The predicted octanol–water partition coefficient (Wildman–Crippen LogP) is 4.14. The molecule has 3 heteroatoms. The molecule has 0 bridgehead atoms. The number of hydrogen-bond acceptors (Lipinski definition) is 3. The molecule has 0 aliphatic rings. The molecular weight excluding hydrogens is 256 g/mol. The van der Waals surface area contributed by atoms with Gasteiger partial charge in [0.25, 0.3) is 0 Å². The van der Waals surface area contributed by atoms with Crippen LogP contribution < -0.4 is 0 Å². The summed E-state index contributed by atoms with van der Waals surface area (Å²) in [4.78, 5) is 23.5. The molecule has 1 aromatic rings. The van der Waals surface area contributed by atoms with Crippen LogP contribution >= 0.6 is 11.8 Å². The molecular formula is C16H22O2S. The Labute approximate surface area is 120 Å². The van der Waals surface area contributed by atoms with Crippen molar-refractivity contribution < 1.29 is 9.59 Å². The molecule has 0 saturated heterocycles. The van der Waals surface area contributed by atoms with Crippen LogP contribution in [0.2, 0.25) is 0 Å². The van der Waals surface area contributed by atoms with E-state index >= 15 is 0 Å². The second kappa shape index (κ2) is 9.79. The highest BCUT2D eigenvalue weighted by Crippen LogP contribution is 2.10. The Morgan fingerprint density at radius 1 is 1.05 bits per heavy atom. The first-order chi connectivity index (χ1) is 9.24. The quantitative estimate of drug-likeness (QED) is 0.366. The summed E-state index contributed by atoms with van der Waals surface area (Å²) < 4.78 is 0. The maximum atomic E-state index is 11.8. The molecule has 0 aromatic heterocycles. The highest BCUT2D eigenvalue weighted by atomic mass is 32.2. The van der Waals surface area contributed by atoms with E-state index in [0.717, 1.165) is 5.75 Å². The molecule has 1 aromatic carbocycles. The van der Waals surface area contributed by atoms with Crippen LogP contribution in [-0.2, 0) is 4.79 Å². The molecule has 0 N–H and O–H groups in total. The minimum Gasteiger partial charge on any atom is -0.298 e. The van der Waals surface area contributed by atoms with Gasteiger partial charge in [0.1, 0.15) is 5.78 Å². The van der Waals surface area contributed by atoms with Crippen LogP contribution in [0.1, 0.15) is 49.4 Å². The lowest BCUT2D eigenvalue weighted by Gasteiger charge is -2.02. The average Bonchev–Trinajstić information content (AvgIpc) is 2.43. The first-order valence-corrected chi connectivity index (χ1v) is 8.07. The van der Waals surface area contributed by atoms with Gasteiger partial charge in [-0.25, -0.2) is 0 Å². The molecule has 0 spiro atoms. The van der Waals surface area contributed by atoms with E-state index in [0.29, 0.717) is 11.3 Å². The number of hydrogen-bond donors (Lipinski definition) is 0. The van der Waals surface area contributed by atoms with Crippen LogP contribution in [0.5, 0.6) is 0 Å². The van der Waals surface area contributed by atoms with Crippen molar-refractivity contribution in [1.29, 1.82) is 0 Å². The fourth-order valence-electron chi connectivity index (χ4n) is 1.77. The van der Waals surface area contributed by atoms with Crippen molar-refractivity contribution >= 4 is 23.3 Å². The Balaban J connectivity index is 2.16. The zero-order valence-electron chi connectivity index (χ0n) is 11.6. The molecule has 0 saturated carbocycles. The topological polar surface area (TPSA) is 34.1 Å². The van der Waals surface area contributed by atoms with Gasteiger partial charge in [0, 0.05) is 5.56 Å². The summed E-state index contributed by atoms with van der Waals surface area (Å²) in [7, 11) is 0. The number of Topliss-reactive ketones (excluding diaryl/α,β-unsaturated/α-hetero) is 2. The van der Waals surface area contributed by atoms with E-state index in [1.807, 2.05) is 18.2 Å². The van der Waals surface area contributed by atoms with Gasteiger partial charge in [-0.05, 0) is 12.2 Å². The fraction of sp³-hybridized carbons (Fsp3) is 0.500. The highest BCUT2D eigenvalue weighted by Gasteiger charge is 2.11. The number of thioether (sulfide) groups is 1. The molecule has 0 radical (unpaired) electrons. The third-order valence-electron chi connectivity index (χ3n) is 2.86. The molecule has 0 atom stereocenters. The van der Waals surface area contributed by atoms with Gasteiger partial charge in [-0.1, -0.05) is 56.5 Å². The van der Waals surface area contributed by atoms with Gasteiger partial charge in [0.2, 0.25) is 0 Å². The van der Waals surface area contributed by atoms with E-state index in [2.05, 4.69) is 6.92 Å². The van der Waals surface area contributed by atoms with E-state index in [1.54, 1.807) is 23.9 Å². The Morgan fingerprint density at radius 3 is 2.47 bits per heavy atom. The zero-order chi connectivity index (χ0) is 13.9. The summed E-state index contributed by atoms with van der Waals surface area (Å²) in [6.45, 7) is 2.19. The maximum Gasteiger partial charge on any atom is 0.170 e. The minimum atomic E-state index is -0.0721. The highest BCUT2D eigenvalue weighted by molar-refractivity contribution is 7.99. The number of carbonyl (C=O) groups is 2. The third-order valence-corrected chi connectivity index (χ3v) is 3.96. The van der Waals surface area contributed by atoms with Gasteiger partial charge in [-0.3, -0.25) is 9.59 Å². The van der Waals surface area contributed by atoms with Crippen LogP contribution in [0.4, 0.5) is 0 Å². The molecule has 0 amide bonds. The summed E-state index contributed by atoms with van der Waals surface area (Å²) in [5, 5.41) is 0. The van der Waals surface area contributed by atoms with Crippen molar-refractivity contribution in [2.45, 2.75) is 39.0 Å². The van der Waals surface area contributed by atoms with Gasteiger partial charge in [0.15, 0.2) is 5.78 Å². The van der Waals surface area contributed by atoms with Gasteiger partial charge in [-0.2, -0.15) is 11.8 Å². The monoisotopic (exact) mass is 278 g/mol. The van der Waals surface area contributed by atoms with Crippen LogP contribution in [0.25, 0.3) is 0 Å². The third kappa shape index (κ3) is 7.16. The number of rotatable bonds is 10. The van der Waals surface area contributed by atoms with E-state index in [9.17, 15) is 9.59 Å². The Hall–Kier alpha value is -1.09. The van der Waals surface area contributed by atoms with Crippen LogP contribution in [0.3, 0.4) is 0 Å². The van der Waals surface area contributed by atoms with Gasteiger partial charge < -0.3 is 0 Å². The van der Waals surface area contributed by atoms with Gasteiger partial charge >= 0.3 is 0 Å². The molecule has 0 heterocycles. The SMILES string of the molecule is CCCCCCSCC(=O)CC(=O)c1ccccc1. The van der Waals surface area contributed by atoms with Crippen LogP contribution in [-0.4, -0.2) is 23.1 Å². The Morgan fingerprint density at radius 2 is 1.79 bits per heavy atom. The summed E-state index contributed by atoms with van der Waals surface area (Å²) in [6, 6.07) is 9.02. The molecule has 1 rings (SSSR count). The first-order valence-electron chi connectivity index (χ1n) is 6.91. The van der Waals surface area contributed by atoms with E-state index in [1.165, 1.54) is 25.7 Å². The second-order valence-corrected chi connectivity index (χ2v) is 5.72. The van der Waals surface area contributed by atoms with Gasteiger partial charge in [-0.15, -0.1) is 0 Å². The van der Waals surface area contributed by atoms with Crippen molar-refractivity contribution in [2.75, 3.05) is 11.5 Å². The summed E-state index contributed by atoms with van der Waals surface area (Å²) in [5.41, 5.74) is 0.629. The molecule has 0 unspecified atom stereocenters. The number of benzene rings is 1. The maximum absolute atomic E-state index is 11.8. The summed E-state index contributed by atoms with van der Waals surface area (Å²) in [5.74, 6) is 1.45. The van der Waals surface area contributed by atoms with Crippen LogP contribution in [0, 0.1) is 0 Å². The second-order valence-electron chi connectivity index (χ2n) is 4.62. The number of ketones is 2. The Kier molecular flexibility index (Phi) is 8.23. The van der Waals surface area contributed by atoms with Crippen molar-refractivity contribution in [3.05, 3.63) is 35.9 Å². The van der Waals surface area contributed by atoms with Crippen LogP contribution in [0.15, 0.2) is 30.3 Å². The molecule has 2 nitrogen and oxygen atoms in total. The van der Waals surface area contributed by atoms with E-state index in [-0.39, 0.29) is 18.0 Å². The lowest BCUT2D eigenvalue weighted by molar-refractivity contribution is -0.115. The summed E-state index contributed by atoms with van der Waals surface area (Å²) >= 11 is 1.65. The predicted molar refractivity (Wildman–Crippen MR) is 81.9 cm³/mol. The molecule has 0 fully saturated rings. The zero-order valence-corrected chi connectivity index (χ0v) is 12.4. The van der Waals surface area contributed by atoms with Gasteiger partial charge in [0.05, 0.1) is 12.2 Å². The molecule has 104 valence electrons. The normalized spacial score (nSPS) is 10.4. The Bertz CT molecular complexity index is 387. The lowest BCUT2D eigenvalue weighted by Crippen LogP contribution is -2.10. The lowest BCUT2D eigenvalue weighted by atomic mass is 10.1. The standard InChI is InChI=1S/C16H22O2S/c1-2-3-4-8-11-19-13-15(17)12-16(18)14-9-6-5-7-10-14/h5-7,9-10H,2-4,8,11-13H2,1H3. The van der Waals surface area contributed by atoms with E-state index < -0.39 is 0 Å². The number of unbranched alkanes of at least 4 members (excludes halogenated alkanes) is 3. The van der Waals surface area contributed by atoms with Crippen molar-refractivity contribution in [1.82, 2.24) is 0 Å². The van der Waals surface area contributed by atoms with Crippen molar-refractivity contribution in [3.8, 4) is 0 Å². The number of carbonyl (C=O) groups excluding carboxylic acids is 2. The minimum absolute atomic E-state index is 0.0337. The first kappa shape index (κ1) is 16.0. The molecule has 19 heavy (non-hydrogen) atoms. The molecule has 0 aliphatic heterocycles. The van der Waals surface area contributed by atoms with Crippen molar-refractivity contribution in [2.24, 2.45) is 0 Å². The molecule has 0 aliphatic carbocycles. The smallest absolute Gasteiger partial charge is 0.170 e. The summed E-state index contributed by atoms with van der Waals surface area (Å²) in [6.07, 6.45) is 4.93.